The Labute approximate surface area is 125 Å². The van der Waals surface area contributed by atoms with Gasteiger partial charge in [0.15, 0.2) is 0 Å². The molecule has 21 heavy (non-hydrogen) atoms. The molecule has 5 nitrogen and oxygen atoms in total. The molecule has 0 saturated carbocycles. The van der Waals surface area contributed by atoms with E-state index in [1.54, 1.807) is 0 Å². The molecule has 1 aromatic rings. The largest absolute Gasteiger partial charge is 0.320 e. The molecule has 1 rings (SSSR count). The first kappa shape index (κ1) is 17.6. The topological polar surface area (TPSA) is 75.4 Å². The monoisotopic (exact) mass is 313 g/mol. The van der Waals surface area contributed by atoms with Gasteiger partial charge in [0, 0.05) is 12.6 Å². The first-order valence-electron chi connectivity index (χ1n) is 6.42. The maximum Gasteiger partial charge on any atom is 0.240 e. The highest BCUT2D eigenvalue weighted by Gasteiger charge is 2.17. The van der Waals surface area contributed by atoms with Gasteiger partial charge >= 0.3 is 0 Å². The van der Waals surface area contributed by atoms with Crippen molar-refractivity contribution in [2.45, 2.75) is 17.9 Å². The average molecular weight is 313 g/mol. The summed E-state index contributed by atoms with van der Waals surface area (Å²) in [6.07, 6.45) is 0. The van der Waals surface area contributed by atoms with E-state index in [0.717, 1.165) is 6.07 Å². The third-order valence-electron chi connectivity index (χ3n) is 3.03. The summed E-state index contributed by atoms with van der Waals surface area (Å²) in [5.74, 6) is 4.39. The van der Waals surface area contributed by atoms with Gasteiger partial charge in [0.05, 0.1) is 17.0 Å². The molecular weight excluding hydrogens is 293 g/mol. The first-order valence-corrected chi connectivity index (χ1v) is 7.91. The molecule has 0 aliphatic rings. The predicted molar refractivity (Wildman–Crippen MR) is 80.7 cm³/mol. The van der Waals surface area contributed by atoms with Crippen molar-refractivity contribution in [2.75, 3.05) is 27.2 Å². The third kappa shape index (κ3) is 5.10. The van der Waals surface area contributed by atoms with E-state index >= 15 is 0 Å². The predicted octanol–water partition coefficient (Wildman–Crippen LogP) is 0.364. The Morgan fingerprint density at radius 1 is 1.43 bits per heavy atom. The van der Waals surface area contributed by atoms with Crippen molar-refractivity contribution in [3.8, 4) is 11.8 Å². The summed E-state index contributed by atoms with van der Waals surface area (Å²) in [7, 11) is -0.0367. The molecule has 1 atom stereocenters. The maximum absolute atomic E-state index is 13.8. The number of halogens is 1. The van der Waals surface area contributed by atoms with E-state index in [4.69, 9.17) is 5.73 Å². The van der Waals surface area contributed by atoms with Crippen LogP contribution in [0, 0.1) is 17.7 Å². The molecule has 116 valence electrons. The van der Waals surface area contributed by atoms with E-state index in [-0.39, 0.29) is 29.6 Å². The number of benzene rings is 1. The van der Waals surface area contributed by atoms with Gasteiger partial charge in [-0.2, -0.15) is 0 Å². The molecule has 1 aromatic carbocycles. The molecule has 0 saturated heterocycles. The fourth-order valence-electron chi connectivity index (χ4n) is 1.41. The molecule has 0 bridgehead atoms. The second kappa shape index (κ2) is 7.52. The van der Waals surface area contributed by atoms with Gasteiger partial charge in [-0.25, -0.2) is 17.5 Å². The van der Waals surface area contributed by atoms with Gasteiger partial charge in [0.2, 0.25) is 10.0 Å². The molecule has 0 spiro atoms. The number of sulfonamides is 1. The van der Waals surface area contributed by atoms with E-state index in [0.29, 0.717) is 0 Å². The van der Waals surface area contributed by atoms with Crippen molar-refractivity contribution < 1.29 is 12.8 Å². The van der Waals surface area contributed by atoms with E-state index < -0.39 is 15.8 Å². The van der Waals surface area contributed by atoms with Gasteiger partial charge < -0.3 is 10.6 Å². The van der Waals surface area contributed by atoms with Crippen LogP contribution in [0.2, 0.25) is 0 Å². The number of nitrogens with zero attached hydrogens (tertiary/aromatic N) is 1. The van der Waals surface area contributed by atoms with Crippen molar-refractivity contribution in [3.63, 3.8) is 0 Å². The number of rotatable bonds is 5. The molecule has 0 amide bonds. The lowest BCUT2D eigenvalue weighted by atomic mass is 10.2. The van der Waals surface area contributed by atoms with Crippen LogP contribution in [0.3, 0.4) is 0 Å². The lowest BCUT2D eigenvalue weighted by molar-refractivity contribution is 0.314. The lowest BCUT2D eigenvalue weighted by Crippen LogP contribution is -2.38. The molecule has 0 aromatic heterocycles. The molecule has 0 aliphatic carbocycles. The van der Waals surface area contributed by atoms with Crippen LogP contribution in [-0.4, -0.2) is 46.5 Å². The fraction of sp³-hybridized carbons (Fsp3) is 0.429. The minimum absolute atomic E-state index is 0.0271. The Morgan fingerprint density at radius 3 is 2.62 bits per heavy atom. The average Bonchev–Trinajstić information content (AvgIpc) is 2.43. The SMILES string of the molecule is CC(CNS(=O)(=O)c1ccc(C#CCN)c(F)c1)N(C)C. The zero-order valence-electron chi connectivity index (χ0n) is 12.4. The van der Waals surface area contributed by atoms with Crippen molar-refractivity contribution in [2.24, 2.45) is 5.73 Å². The number of hydrogen-bond donors (Lipinski definition) is 2. The standard InChI is InChI=1S/C14H20FN3O2S/c1-11(18(2)3)10-17-21(19,20)13-7-6-12(5-4-8-16)14(15)9-13/h6-7,9,11,17H,8,10,16H2,1-3H3. The highest BCUT2D eigenvalue weighted by atomic mass is 32.2. The number of nitrogens with one attached hydrogen (secondary N) is 1. The summed E-state index contributed by atoms with van der Waals surface area (Å²) < 4.78 is 40.4. The van der Waals surface area contributed by atoms with Gasteiger partial charge in [-0.3, -0.25) is 0 Å². The molecule has 3 N–H and O–H groups in total. The molecule has 1 unspecified atom stereocenters. The summed E-state index contributed by atoms with van der Waals surface area (Å²) in [6, 6.07) is 3.65. The number of nitrogens with two attached hydrogens (primary N) is 1. The van der Waals surface area contributed by atoms with Crippen LogP contribution in [0.5, 0.6) is 0 Å². The Morgan fingerprint density at radius 2 is 2.10 bits per heavy atom. The van der Waals surface area contributed by atoms with Crippen molar-refractivity contribution in [1.29, 1.82) is 0 Å². The van der Waals surface area contributed by atoms with Gasteiger partial charge in [0.25, 0.3) is 0 Å². The van der Waals surface area contributed by atoms with Gasteiger partial charge in [-0.15, -0.1) is 0 Å². The van der Waals surface area contributed by atoms with Crippen LogP contribution in [0.1, 0.15) is 12.5 Å². The quantitative estimate of drug-likeness (QED) is 0.770. The molecule has 0 heterocycles. The van der Waals surface area contributed by atoms with Crippen LogP contribution >= 0.6 is 0 Å². The van der Waals surface area contributed by atoms with E-state index in [1.165, 1.54) is 12.1 Å². The zero-order valence-corrected chi connectivity index (χ0v) is 13.2. The maximum atomic E-state index is 13.8. The van der Waals surface area contributed by atoms with Crippen molar-refractivity contribution in [1.82, 2.24) is 9.62 Å². The summed E-state index contributed by atoms with van der Waals surface area (Å²) in [4.78, 5) is 1.76. The smallest absolute Gasteiger partial charge is 0.240 e. The van der Waals surface area contributed by atoms with Crippen LogP contribution in [0.4, 0.5) is 4.39 Å². The Balaban J connectivity index is 2.92. The zero-order chi connectivity index (χ0) is 16.0. The number of likely N-dealkylation sites (N-methyl/N-ethyl adjacent to an activating group) is 1. The Hall–Kier alpha value is -1.46. The minimum atomic E-state index is -3.74. The normalized spacial score (nSPS) is 12.9. The lowest BCUT2D eigenvalue weighted by Gasteiger charge is -2.20. The van der Waals surface area contributed by atoms with Crippen molar-refractivity contribution in [3.05, 3.63) is 29.6 Å². The molecule has 0 radical (unpaired) electrons. The van der Waals surface area contributed by atoms with Gasteiger partial charge in [-0.05, 0) is 39.2 Å². The van der Waals surface area contributed by atoms with Crippen LogP contribution in [-0.2, 0) is 10.0 Å². The number of hydrogen-bond acceptors (Lipinski definition) is 4. The summed E-state index contributed by atoms with van der Waals surface area (Å²) >= 11 is 0. The Kier molecular flexibility index (Phi) is 6.30. The first-order chi connectivity index (χ1) is 9.77. The fourth-order valence-corrected chi connectivity index (χ4v) is 2.54. The summed E-state index contributed by atoms with van der Waals surface area (Å²) in [5, 5.41) is 0. The minimum Gasteiger partial charge on any atom is -0.320 e. The summed E-state index contributed by atoms with van der Waals surface area (Å²) in [6.45, 7) is 2.24. The van der Waals surface area contributed by atoms with E-state index in [1.807, 2.05) is 25.9 Å². The summed E-state index contributed by atoms with van der Waals surface area (Å²) in [5.41, 5.74) is 5.34. The molecule has 0 aliphatic heterocycles. The second-order valence-electron chi connectivity index (χ2n) is 4.81. The Bertz CT molecular complexity index is 648. The van der Waals surface area contributed by atoms with Gasteiger partial charge in [-0.1, -0.05) is 11.8 Å². The van der Waals surface area contributed by atoms with Crippen LogP contribution < -0.4 is 10.5 Å². The van der Waals surface area contributed by atoms with E-state index in [9.17, 15) is 12.8 Å². The highest BCUT2D eigenvalue weighted by Crippen LogP contribution is 2.14. The second-order valence-corrected chi connectivity index (χ2v) is 6.58. The van der Waals surface area contributed by atoms with Crippen molar-refractivity contribution >= 4 is 10.0 Å². The molecular formula is C14H20FN3O2S. The molecule has 0 fully saturated rings. The highest BCUT2D eigenvalue weighted by molar-refractivity contribution is 7.89. The van der Waals surface area contributed by atoms with E-state index in [2.05, 4.69) is 16.6 Å². The van der Waals surface area contributed by atoms with Crippen LogP contribution in [0.25, 0.3) is 0 Å². The van der Waals surface area contributed by atoms with Crippen LogP contribution in [0.15, 0.2) is 23.1 Å². The third-order valence-corrected chi connectivity index (χ3v) is 4.45. The molecule has 7 heteroatoms. The van der Waals surface area contributed by atoms with Gasteiger partial charge in [0.1, 0.15) is 5.82 Å².